The molecule has 0 saturated carbocycles. The van der Waals surface area contributed by atoms with Crippen LogP contribution >= 0.6 is 11.3 Å². The number of likely N-dealkylation sites (tertiary alicyclic amines) is 1. The van der Waals surface area contributed by atoms with Gasteiger partial charge in [-0.05, 0) is 68.3 Å². The van der Waals surface area contributed by atoms with Crippen LogP contribution in [0.4, 0.5) is 10.5 Å². The van der Waals surface area contributed by atoms with E-state index in [9.17, 15) is 4.79 Å². The van der Waals surface area contributed by atoms with Gasteiger partial charge in [-0.15, -0.1) is 16.4 Å². The summed E-state index contributed by atoms with van der Waals surface area (Å²) in [5.41, 5.74) is 1.25. The van der Waals surface area contributed by atoms with E-state index in [-0.39, 0.29) is 12.0 Å². The number of hydrogen-bond donors (Lipinski definition) is 0. The predicted octanol–water partition coefficient (Wildman–Crippen LogP) is 5.26. The Morgan fingerprint density at radius 3 is 2.78 bits per heavy atom. The number of anilines is 1. The first-order valence-corrected chi connectivity index (χ1v) is 11.4. The predicted molar refractivity (Wildman–Crippen MR) is 125 cm³/mol. The number of benzene rings is 1. The Kier molecular flexibility index (Phi) is 7.79. The maximum atomic E-state index is 12.4. The summed E-state index contributed by atoms with van der Waals surface area (Å²) in [5, 5.41) is 15.4. The molecule has 32 heavy (non-hydrogen) atoms. The zero-order valence-electron chi connectivity index (χ0n) is 19.0. The first-order chi connectivity index (χ1) is 15.2. The van der Waals surface area contributed by atoms with Gasteiger partial charge in [0.05, 0.1) is 16.4 Å². The van der Waals surface area contributed by atoms with E-state index < -0.39 is 5.60 Å². The highest BCUT2D eigenvalue weighted by Gasteiger charge is 2.29. The number of carbonyl (C=O) groups excluding carboxylic acids is 1. The molecule has 0 bridgehead atoms. The molecule has 1 saturated heterocycles. The van der Waals surface area contributed by atoms with Crippen LogP contribution in [-0.2, 0) is 11.3 Å². The number of piperidine rings is 1. The van der Waals surface area contributed by atoms with Crippen LogP contribution in [0.15, 0.2) is 45.2 Å². The van der Waals surface area contributed by atoms with Gasteiger partial charge in [-0.2, -0.15) is 0 Å². The molecular formula is C22H30N6O3S. The lowest BCUT2D eigenvalue weighted by Crippen LogP contribution is -2.42. The third kappa shape index (κ3) is 6.74. The van der Waals surface area contributed by atoms with Gasteiger partial charge in [-0.25, -0.2) is 14.8 Å². The van der Waals surface area contributed by atoms with Gasteiger partial charge in [0.25, 0.3) is 0 Å². The van der Waals surface area contributed by atoms with Crippen LogP contribution in [-0.4, -0.2) is 48.4 Å². The van der Waals surface area contributed by atoms with Crippen LogP contribution in [0, 0.1) is 0 Å². The number of amides is 1. The van der Waals surface area contributed by atoms with E-state index in [1.54, 1.807) is 28.3 Å². The number of carbonyl (C=O) groups is 1. The molecule has 0 N–H and O–H groups in total. The van der Waals surface area contributed by atoms with Crippen molar-refractivity contribution in [2.24, 2.45) is 15.5 Å². The minimum absolute atomic E-state index is 0.226. The molecule has 0 aliphatic carbocycles. The standard InChI is InChI=1S/C22H30N6O3S/c1-22(2,3)31-21(29)28-12-6-7-16(13-28)20-24-17(15-32-20)14-30-19-10-8-18(9-11-19)27(5)26-25-23-4/h8-11,15-16H,4,6-7,12-14H2,1-3,5H3/b26-25-. The molecule has 1 fully saturated rings. The number of ether oxygens (including phenoxy) is 2. The largest absolute Gasteiger partial charge is 0.487 e. The molecule has 172 valence electrons. The lowest BCUT2D eigenvalue weighted by atomic mass is 9.99. The van der Waals surface area contributed by atoms with Crippen LogP contribution in [0.1, 0.15) is 50.2 Å². The summed E-state index contributed by atoms with van der Waals surface area (Å²) in [4.78, 5) is 19.0. The minimum Gasteiger partial charge on any atom is -0.487 e. The van der Waals surface area contributed by atoms with Crippen LogP contribution in [0.25, 0.3) is 0 Å². The lowest BCUT2D eigenvalue weighted by Gasteiger charge is -2.33. The summed E-state index contributed by atoms with van der Waals surface area (Å²) < 4.78 is 11.4. The van der Waals surface area contributed by atoms with E-state index in [4.69, 9.17) is 14.5 Å². The van der Waals surface area contributed by atoms with Gasteiger partial charge in [0.2, 0.25) is 0 Å². The molecule has 2 aromatic rings. The highest BCUT2D eigenvalue weighted by molar-refractivity contribution is 7.09. The Morgan fingerprint density at radius 1 is 1.34 bits per heavy atom. The molecule has 10 heteroatoms. The molecule has 0 radical (unpaired) electrons. The SMILES string of the molecule is C=N/N=N\N(C)c1ccc(OCc2csc(C3CCCN(C(=O)OC(C)(C)C)C3)n2)cc1. The van der Waals surface area contributed by atoms with Crippen LogP contribution in [0.5, 0.6) is 5.75 Å². The Balaban J connectivity index is 1.54. The van der Waals surface area contributed by atoms with Gasteiger partial charge in [0.15, 0.2) is 0 Å². The molecule has 1 aromatic carbocycles. The van der Waals surface area contributed by atoms with Gasteiger partial charge in [-0.3, -0.25) is 0 Å². The van der Waals surface area contributed by atoms with E-state index in [1.807, 2.05) is 50.4 Å². The highest BCUT2D eigenvalue weighted by Crippen LogP contribution is 2.30. The number of rotatable bonds is 7. The topological polar surface area (TPSA) is 92.0 Å². The third-order valence-corrected chi connectivity index (χ3v) is 5.88. The molecule has 3 rings (SSSR count). The number of thiazole rings is 1. The van der Waals surface area contributed by atoms with Gasteiger partial charge in [0, 0.05) is 38.2 Å². The van der Waals surface area contributed by atoms with E-state index in [0.717, 1.165) is 41.5 Å². The summed E-state index contributed by atoms with van der Waals surface area (Å²) in [5.74, 6) is 0.966. The Bertz CT molecular complexity index is 938. The molecular weight excluding hydrogens is 428 g/mol. The first kappa shape index (κ1) is 23.6. The fraction of sp³-hybridized carbons (Fsp3) is 0.500. The van der Waals surface area contributed by atoms with Gasteiger partial charge >= 0.3 is 6.09 Å². The Morgan fingerprint density at radius 2 is 2.09 bits per heavy atom. The first-order valence-electron chi connectivity index (χ1n) is 10.5. The fourth-order valence-corrected chi connectivity index (χ4v) is 4.24. The van der Waals surface area contributed by atoms with Gasteiger partial charge in [-0.1, -0.05) is 0 Å². The van der Waals surface area contributed by atoms with Crippen molar-refractivity contribution in [1.82, 2.24) is 9.88 Å². The van der Waals surface area contributed by atoms with E-state index in [1.165, 1.54) is 0 Å². The molecule has 2 heterocycles. The number of aromatic nitrogens is 1. The summed E-state index contributed by atoms with van der Waals surface area (Å²) in [7, 11) is 1.77. The van der Waals surface area contributed by atoms with E-state index in [2.05, 4.69) is 22.3 Å². The molecule has 1 unspecified atom stereocenters. The second-order valence-electron chi connectivity index (χ2n) is 8.57. The molecule has 1 atom stereocenters. The second-order valence-corrected chi connectivity index (χ2v) is 9.46. The Labute approximate surface area is 192 Å². The fourth-order valence-electron chi connectivity index (χ4n) is 3.30. The summed E-state index contributed by atoms with van der Waals surface area (Å²) in [6.45, 7) is 10.7. The second kappa shape index (κ2) is 10.5. The Hall–Kier alpha value is -3.01. The number of hydrogen-bond acceptors (Lipinski definition) is 7. The number of nitrogens with zero attached hydrogens (tertiary/aromatic N) is 6. The quantitative estimate of drug-likeness (QED) is 0.321. The molecule has 0 spiro atoms. The molecule has 9 nitrogen and oxygen atoms in total. The molecule has 1 aliphatic heterocycles. The summed E-state index contributed by atoms with van der Waals surface area (Å²) in [6, 6.07) is 7.51. The van der Waals surface area contributed by atoms with Crippen molar-refractivity contribution in [3.63, 3.8) is 0 Å². The average molecular weight is 459 g/mol. The molecule has 1 aromatic heterocycles. The zero-order chi connectivity index (χ0) is 23.1. The van der Waals surface area contributed by atoms with Crippen LogP contribution in [0.2, 0.25) is 0 Å². The molecule has 1 amide bonds. The van der Waals surface area contributed by atoms with Gasteiger partial charge < -0.3 is 14.4 Å². The van der Waals surface area contributed by atoms with Crippen molar-refractivity contribution in [2.75, 3.05) is 25.1 Å². The smallest absolute Gasteiger partial charge is 0.410 e. The summed E-state index contributed by atoms with van der Waals surface area (Å²) in [6.07, 6.45) is 1.71. The highest BCUT2D eigenvalue weighted by atomic mass is 32.1. The van der Waals surface area contributed by atoms with Crippen molar-refractivity contribution in [2.45, 2.75) is 51.7 Å². The summed E-state index contributed by atoms with van der Waals surface area (Å²) >= 11 is 1.62. The lowest BCUT2D eigenvalue weighted by molar-refractivity contribution is 0.0198. The average Bonchev–Trinajstić information content (AvgIpc) is 3.24. The van der Waals surface area contributed by atoms with E-state index in [0.29, 0.717) is 13.2 Å². The third-order valence-electron chi connectivity index (χ3n) is 4.83. The monoisotopic (exact) mass is 458 g/mol. The van der Waals surface area contributed by atoms with Crippen LogP contribution < -0.4 is 9.75 Å². The normalized spacial score (nSPS) is 16.8. The van der Waals surface area contributed by atoms with Gasteiger partial charge in [0.1, 0.15) is 18.0 Å². The van der Waals surface area contributed by atoms with Crippen molar-refractivity contribution in [3.8, 4) is 5.75 Å². The van der Waals surface area contributed by atoms with E-state index >= 15 is 0 Å². The van der Waals surface area contributed by atoms with Crippen molar-refractivity contribution in [3.05, 3.63) is 40.3 Å². The maximum absolute atomic E-state index is 12.4. The minimum atomic E-state index is -0.490. The maximum Gasteiger partial charge on any atom is 0.410 e. The zero-order valence-corrected chi connectivity index (χ0v) is 19.8. The van der Waals surface area contributed by atoms with Crippen molar-refractivity contribution < 1.29 is 14.3 Å². The van der Waals surface area contributed by atoms with Crippen LogP contribution in [0.3, 0.4) is 0 Å². The van der Waals surface area contributed by atoms with Crippen molar-refractivity contribution >= 4 is 29.8 Å². The molecule has 1 aliphatic rings. The van der Waals surface area contributed by atoms with Crippen molar-refractivity contribution in [1.29, 1.82) is 0 Å².